The van der Waals surface area contributed by atoms with E-state index in [0.29, 0.717) is 29.6 Å². The first-order chi connectivity index (χ1) is 14.5. The second kappa shape index (κ2) is 10.0. The van der Waals surface area contributed by atoms with Crippen molar-refractivity contribution in [2.24, 2.45) is 0 Å². The number of thioether (sulfide) groups is 1. The molecule has 0 radical (unpaired) electrons. The van der Waals surface area contributed by atoms with Crippen LogP contribution >= 0.6 is 11.8 Å². The van der Waals surface area contributed by atoms with Crippen molar-refractivity contribution in [3.63, 3.8) is 0 Å². The molecule has 1 aromatic heterocycles. The van der Waals surface area contributed by atoms with Crippen LogP contribution in [0.4, 0.5) is 0 Å². The highest BCUT2D eigenvalue weighted by Gasteiger charge is 2.15. The first kappa shape index (κ1) is 21.5. The average Bonchev–Trinajstić information content (AvgIpc) is 3.21. The van der Waals surface area contributed by atoms with Gasteiger partial charge in [0.15, 0.2) is 5.78 Å². The molecule has 0 aliphatic carbocycles. The number of hydrogen-bond acceptors (Lipinski definition) is 7. The zero-order valence-electron chi connectivity index (χ0n) is 17.1. The summed E-state index contributed by atoms with van der Waals surface area (Å²) in [7, 11) is 1.74. The van der Waals surface area contributed by atoms with Crippen LogP contribution in [0.2, 0.25) is 0 Å². The summed E-state index contributed by atoms with van der Waals surface area (Å²) in [5, 5.41) is 12.3. The summed E-state index contributed by atoms with van der Waals surface area (Å²) >= 11 is 1.27. The Morgan fingerprint density at radius 3 is 2.57 bits per heavy atom. The third-order valence-electron chi connectivity index (χ3n) is 4.40. The average molecular weight is 426 g/mol. The Morgan fingerprint density at radius 1 is 1.13 bits per heavy atom. The van der Waals surface area contributed by atoms with Crippen molar-refractivity contribution in [3.8, 4) is 11.4 Å². The number of nitrogens with zero attached hydrogens (tertiary/aromatic N) is 5. The molecule has 0 unspecified atom stereocenters. The van der Waals surface area contributed by atoms with Gasteiger partial charge >= 0.3 is 0 Å². The number of amides is 1. The van der Waals surface area contributed by atoms with E-state index < -0.39 is 0 Å². The summed E-state index contributed by atoms with van der Waals surface area (Å²) in [4.78, 5) is 25.6. The molecule has 0 N–H and O–H groups in total. The summed E-state index contributed by atoms with van der Waals surface area (Å²) < 4.78 is 7.22. The lowest BCUT2D eigenvalue weighted by Gasteiger charge is -2.14. The van der Waals surface area contributed by atoms with Gasteiger partial charge in [-0.15, -0.1) is 5.10 Å². The lowest BCUT2D eigenvalue weighted by molar-refractivity contribution is -0.128. The molecule has 30 heavy (non-hydrogen) atoms. The number of ketones is 1. The van der Waals surface area contributed by atoms with Crippen LogP contribution in [0.5, 0.6) is 5.75 Å². The van der Waals surface area contributed by atoms with Crippen LogP contribution in [0.3, 0.4) is 0 Å². The number of para-hydroxylation sites is 2. The van der Waals surface area contributed by atoms with Crippen LogP contribution in [-0.2, 0) is 11.3 Å². The van der Waals surface area contributed by atoms with Crippen molar-refractivity contribution in [1.29, 1.82) is 0 Å². The number of aromatic nitrogens is 4. The highest BCUT2D eigenvalue weighted by atomic mass is 32.2. The Labute approximate surface area is 179 Å². The number of tetrazole rings is 1. The van der Waals surface area contributed by atoms with E-state index in [1.807, 2.05) is 43.3 Å². The largest absolute Gasteiger partial charge is 0.492 e. The quantitative estimate of drug-likeness (QED) is 0.384. The van der Waals surface area contributed by atoms with Gasteiger partial charge in [0, 0.05) is 26.1 Å². The molecular weight excluding hydrogens is 402 g/mol. The van der Waals surface area contributed by atoms with Crippen LogP contribution in [0.15, 0.2) is 53.7 Å². The topological polar surface area (TPSA) is 90.2 Å². The Hall–Kier alpha value is -3.20. The smallest absolute Gasteiger partial charge is 0.219 e. The lowest BCUT2D eigenvalue weighted by atomic mass is 10.1. The van der Waals surface area contributed by atoms with Crippen molar-refractivity contribution in [1.82, 2.24) is 25.1 Å². The third-order valence-corrected chi connectivity index (χ3v) is 5.32. The second-order valence-electron chi connectivity index (χ2n) is 6.56. The molecule has 3 aromatic rings. The van der Waals surface area contributed by atoms with Gasteiger partial charge in [0.25, 0.3) is 0 Å². The van der Waals surface area contributed by atoms with Gasteiger partial charge in [-0.25, -0.2) is 0 Å². The molecule has 0 aliphatic heterocycles. The van der Waals surface area contributed by atoms with Crippen molar-refractivity contribution in [2.45, 2.75) is 25.5 Å². The fraction of sp³-hybridized carbons (Fsp3) is 0.286. The molecule has 0 spiro atoms. The second-order valence-corrected chi connectivity index (χ2v) is 7.50. The third kappa shape index (κ3) is 5.24. The predicted molar refractivity (Wildman–Crippen MR) is 114 cm³/mol. The van der Waals surface area contributed by atoms with Crippen LogP contribution in [0, 0.1) is 0 Å². The number of hydrogen-bond donors (Lipinski definition) is 0. The summed E-state index contributed by atoms with van der Waals surface area (Å²) in [5.41, 5.74) is 2.29. The summed E-state index contributed by atoms with van der Waals surface area (Å²) in [6, 6.07) is 14.8. The zero-order valence-corrected chi connectivity index (χ0v) is 17.9. The van der Waals surface area contributed by atoms with Gasteiger partial charge in [0.1, 0.15) is 11.4 Å². The van der Waals surface area contributed by atoms with Gasteiger partial charge in [-0.1, -0.05) is 48.2 Å². The van der Waals surface area contributed by atoms with Crippen molar-refractivity contribution >= 4 is 23.5 Å². The van der Waals surface area contributed by atoms with Gasteiger partial charge < -0.3 is 9.64 Å². The molecule has 1 heterocycles. The van der Waals surface area contributed by atoms with E-state index >= 15 is 0 Å². The molecule has 0 saturated carbocycles. The molecule has 3 rings (SSSR count). The molecule has 1 amide bonds. The zero-order chi connectivity index (χ0) is 21.5. The maximum absolute atomic E-state index is 12.6. The molecule has 0 aliphatic rings. The van der Waals surface area contributed by atoms with Crippen LogP contribution < -0.4 is 4.74 Å². The van der Waals surface area contributed by atoms with Gasteiger partial charge in [-0.05, 0) is 35.0 Å². The fourth-order valence-electron chi connectivity index (χ4n) is 2.72. The normalized spacial score (nSPS) is 10.6. The number of Topliss-reactive ketones (excluding diaryl/α,β-unsaturated/α-hetero) is 1. The van der Waals surface area contributed by atoms with Gasteiger partial charge in [0.2, 0.25) is 11.1 Å². The van der Waals surface area contributed by atoms with Gasteiger partial charge in [-0.2, -0.15) is 4.68 Å². The molecule has 2 aromatic carbocycles. The van der Waals surface area contributed by atoms with Crippen molar-refractivity contribution < 1.29 is 14.3 Å². The highest BCUT2D eigenvalue weighted by molar-refractivity contribution is 7.99. The number of carbonyl (C=O) groups excluding carboxylic acids is 2. The van der Waals surface area contributed by atoms with E-state index in [-0.39, 0.29) is 17.4 Å². The minimum Gasteiger partial charge on any atom is -0.492 e. The molecular formula is C21H23N5O3S. The van der Waals surface area contributed by atoms with E-state index in [4.69, 9.17) is 4.74 Å². The number of rotatable bonds is 9. The Bertz CT molecular complexity index is 1020. The monoisotopic (exact) mass is 425 g/mol. The lowest BCUT2D eigenvalue weighted by Crippen LogP contribution is -2.22. The summed E-state index contributed by atoms with van der Waals surface area (Å²) in [5.74, 6) is 0.838. The minimum atomic E-state index is -0.0286. The Kier molecular flexibility index (Phi) is 7.18. The van der Waals surface area contributed by atoms with E-state index in [1.165, 1.54) is 18.7 Å². The first-order valence-electron chi connectivity index (χ1n) is 9.46. The van der Waals surface area contributed by atoms with E-state index in [1.54, 1.807) is 28.8 Å². The molecule has 9 heteroatoms. The molecule has 0 bridgehead atoms. The van der Waals surface area contributed by atoms with Crippen molar-refractivity contribution in [3.05, 3.63) is 59.7 Å². The molecule has 0 fully saturated rings. The Balaban J connectivity index is 1.67. The van der Waals surface area contributed by atoms with E-state index in [2.05, 4.69) is 15.5 Å². The van der Waals surface area contributed by atoms with Crippen molar-refractivity contribution in [2.75, 3.05) is 19.4 Å². The standard InChI is InChI=1S/C21H23N5O3S/c1-4-29-20-8-6-5-7-18(20)26-21(22-23-24-26)30-14-19(28)17-11-9-16(10-12-17)13-25(3)15(2)27/h5-12H,4,13-14H2,1-3H3. The number of carbonyl (C=O) groups is 2. The highest BCUT2D eigenvalue weighted by Crippen LogP contribution is 2.26. The summed E-state index contributed by atoms with van der Waals surface area (Å²) in [6.45, 7) is 4.47. The first-order valence-corrected chi connectivity index (χ1v) is 10.5. The summed E-state index contributed by atoms with van der Waals surface area (Å²) in [6.07, 6.45) is 0. The van der Waals surface area contributed by atoms with Gasteiger partial charge in [0.05, 0.1) is 12.4 Å². The van der Waals surface area contributed by atoms with Crippen LogP contribution in [-0.4, -0.2) is 56.2 Å². The molecule has 0 saturated heterocycles. The van der Waals surface area contributed by atoms with Gasteiger partial charge in [-0.3, -0.25) is 9.59 Å². The molecule has 156 valence electrons. The van der Waals surface area contributed by atoms with Crippen LogP contribution in [0.25, 0.3) is 5.69 Å². The minimum absolute atomic E-state index is 0.00446. The maximum atomic E-state index is 12.6. The molecule has 8 nitrogen and oxygen atoms in total. The van der Waals surface area contributed by atoms with Crippen LogP contribution in [0.1, 0.15) is 29.8 Å². The molecule has 0 atom stereocenters. The fourth-order valence-corrected chi connectivity index (χ4v) is 3.50. The number of ether oxygens (including phenoxy) is 1. The predicted octanol–water partition coefficient (Wildman–Crippen LogP) is 3.01. The SMILES string of the molecule is CCOc1ccccc1-n1nnnc1SCC(=O)c1ccc(CN(C)C(C)=O)cc1. The number of benzene rings is 2. The van der Waals surface area contributed by atoms with E-state index in [9.17, 15) is 9.59 Å². The van der Waals surface area contributed by atoms with E-state index in [0.717, 1.165) is 11.3 Å². The maximum Gasteiger partial charge on any atom is 0.219 e. The Morgan fingerprint density at radius 2 is 1.87 bits per heavy atom.